The van der Waals surface area contributed by atoms with Crippen molar-refractivity contribution >= 4 is 5.97 Å². The molecule has 1 fully saturated rings. The van der Waals surface area contributed by atoms with Crippen LogP contribution in [-0.4, -0.2) is 48.7 Å². The van der Waals surface area contributed by atoms with Gasteiger partial charge in [0.15, 0.2) is 0 Å². The molecule has 4 nitrogen and oxygen atoms in total. The minimum Gasteiger partial charge on any atom is -0.480 e. The van der Waals surface area contributed by atoms with E-state index in [2.05, 4.69) is 10.2 Å². The molecule has 0 saturated carbocycles. The first kappa shape index (κ1) is 8.49. The number of aliphatic carboxylic acids is 1. The third-order valence-corrected chi connectivity index (χ3v) is 2.14. The van der Waals surface area contributed by atoms with Crippen LogP contribution in [0.15, 0.2) is 0 Å². The van der Waals surface area contributed by atoms with Gasteiger partial charge in [-0.3, -0.25) is 4.79 Å². The van der Waals surface area contributed by atoms with E-state index in [1.165, 1.54) is 0 Å². The monoisotopic (exact) mass is 158 g/mol. The van der Waals surface area contributed by atoms with E-state index in [4.69, 9.17) is 5.11 Å². The SMILES string of the molecule is CN(C)[C@@H]1CN[C@@H](C(=O)O)C1. The van der Waals surface area contributed by atoms with Crippen molar-refractivity contribution in [3.05, 3.63) is 0 Å². The second-order valence-corrected chi connectivity index (χ2v) is 3.15. The Bertz CT molecular complexity index is 159. The molecular weight excluding hydrogens is 144 g/mol. The molecule has 1 aliphatic heterocycles. The lowest BCUT2D eigenvalue weighted by Gasteiger charge is -2.16. The van der Waals surface area contributed by atoms with Gasteiger partial charge in [0, 0.05) is 12.6 Å². The number of hydrogen-bond donors (Lipinski definition) is 2. The molecule has 2 atom stereocenters. The molecule has 1 rings (SSSR count). The summed E-state index contributed by atoms with van der Waals surface area (Å²) >= 11 is 0. The molecule has 0 bridgehead atoms. The summed E-state index contributed by atoms with van der Waals surface area (Å²) in [6, 6.07) is 0.0264. The molecule has 0 aromatic heterocycles. The van der Waals surface area contributed by atoms with Gasteiger partial charge in [-0.2, -0.15) is 0 Å². The van der Waals surface area contributed by atoms with E-state index in [-0.39, 0.29) is 6.04 Å². The largest absolute Gasteiger partial charge is 0.480 e. The molecule has 11 heavy (non-hydrogen) atoms. The zero-order valence-corrected chi connectivity index (χ0v) is 6.87. The minimum atomic E-state index is -0.741. The normalized spacial score (nSPS) is 31.2. The van der Waals surface area contributed by atoms with Crippen LogP contribution >= 0.6 is 0 Å². The molecule has 1 aliphatic rings. The van der Waals surface area contributed by atoms with Gasteiger partial charge in [0.25, 0.3) is 0 Å². The Labute approximate surface area is 66.2 Å². The predicted octanol–water partition coefficient (Wildman–Crippen LogP) is -0.637. The van der Waals surface area contributed by atoms with Gasteiger partial charge in [0.05, 0.1) is 0 Å². The first-order chi connectivity index (χ1) is 5.11. The topological polar surface area (TPSA) is 52.6 Å². The summed E-state index contributed by atoms with van der Waals surface area (Å²) in [6.45, 7) is 0.782. The van der Waals surface area contributed by atoms with Gasteiger partial charge >= 0.3 is 5.97 Å². The smallest absolute Gasteiger partial charge is 0.320 e. The lowest BCUT2D eigenvalue weighted by Crippen LogP contribution is -2.30. The molecule has 0 radical (unpaired) electrons. The number of carboxylic acids is 1. The van der Waals surface area contributed by atoms with Crippen LogP contribution in [0.25, 0.3) is 0 Å². The number of rotatable bonds is 2. The van der Waals surface area contributed by atoms with Crippen molar-refractivity contribution < 1.29 is 9.90 Å². The zero-order chi connectivity index (χ0) is 8.43. The highest BCUT2D eigenvalue weighted by molar-refractivity contribution is 5.73. The van der Waals surface area contributed by atoms with E-state index >= 15 is 0 Å². The van der Waals surface area contributed by atoms with Crippen LogP contribution in [-0.2, 0) is 4.79 Å². The standard InChI is InChI=1S/C7H14N2O2/c1-9(2)5-3-6(7(10)11)8-4-5/h5-6,8H,3-4H2,1-2H3,(H,10,11)/t5-,6+/m0/s1. The molecule has 1 heterocycles. The van der Waals surface area contributed by atoms with Crippen molar-refractivity contribution in [2.45, 2.75) is 18.5 Å². The average molecular weight is 158 g/mol. The van der Waals surface area contributed by atoms with Crippen LogP contribution in [0.2, 0.25) is 0 Å². The maximum absolute atomic E-state index is 10.5. The lowest BCUT2D eigenvalue weighted by molar-refractivity contribution is -0.139. The van der Waals surface area contributed by atoms with Crippen molar-refractivity contribution in [1.82, 2.24) is 10.2 Å². The molecule has 2 N–H and O–H groups in total. The molecule has 0 aromatic rings. The van der Waals surface area contributed by atoms with E-state index in [1.807, 2.05) is 14.1 Å². The van der Waals surface area contributed by atoms with Crippen molar-refractivity contribution in [3.63, 3.8) is 0 Å². The summed E-state index contributed by atoms with van der Waals surface area (Å²) in [4.78, 5) is 12.5. The maximum atomic E-state index is 10.5. The molecule has 0 amide bonds. The Balaban J connectivity index is 2.41. The molecule has 1 saturated heterocycles. The molecule has 0 aliphatic carbocycles. The number of nitrogens with zero attached hydrogens (tertiary/aromatic N) is 1. The van der Waals surface area contributed by atoms with Crippen molar-refractivity contribution in [1.29, 1.82) is 0 Å². The van der Waals surface area contributed by atoms with Crippen molar-refractivity contribution in [3.8, 4) is 0 Å². The van der Waals surface area contributed by atoms with Crippen LogP contribution in [0.3, 0.4) is 0 Å². The van der Waals surface area contributed by atoms with Gasteiger partial charge < -0.3 is 15.3 Å². The fourth-order valence-electron chi connectivity index (χ4n) is 1.30. The zero-order valence-electron chi connectivity index (χ0n) is 6.87. The van der Waals surface area contributed by atoms with Crippen LogP contribution < -0.4 is 5.32 Å². The van der Waals surface area contributed by atoms with E-state index in [9.17, 15) is 4.79 Å². The van der Waals surface area contributed by atoms with Gasteiger partial charge in [-0.15, -0.1) is 0 Å². The van der Waals surface area contributed by atoms with E-state index in [1.54, 1.807) is 0 Å². The fraction of sp³-hybridized carbons (Fsp3) is 0.857. The Morgan fingerprint density at radius 2 is 2.27 bits per heavy atom. The number of nitrogens with one attached hydrogen (secondary N) is 1. The minimum absolute atomic E-state index is 0.345. The van der Waals surface area contributed by atoms with Gasteiger partial charge in [-0.1, -0.05) is 0 Å². The highest BCUT2D eigenvalue weighted by atomic mass is 16.4. The maximum Gasteiger partial charge on any atom is 0.320 e. The molecule has 0 aromatic carbocycles. The summed E-state index contributed by atoms with van der Waals surface area (Å²) in [6.07, 6.45) is 0.711. The Morgan fingerprint density at radius 1 is 1.64 bits per heavy atom. The molecule has 0 unspecified atom stereocenters. The van der Waals surface area contributed by atoms with Crippen LogP contribution in [0, 0.1) is 0 Å². The fourth-order valence-corrected chi connectivity index (χ4v) is 1.30. The van der Waals surface area contributed by atoms with Gasteiger partial charge in [-0.05, 0) is 20.5 Å². The summed E-state index contributed by atoms with van der Waals surface area (Å²) in [7, 11) is 3.94. The summed E-state index contributed by atoms with van der Waals surface area (Å²) in [5.74, 6) is -0.741. The molecule has 0 spiro atoms. The van der Waals surface area contributed by atoms with Gasteiger partial charge in [0.2, 0.25) is 0 Å². The van der Waals surface area contributed by atoms with Gasteiger partial charge in [0.1, 0.15) is 6.04 Å². The number of carbonyl (C=O) groups is 1. The second-order valence-electron chi connectivity index (χ2n) is 3.15. The van der Waals surface area contributed by atoms with E-state index < -0.39 is 5.97 Å². The summed E-state index contributed by atoms with van der Waals surface area (Å²) < 4.78 is 0. The first-order valence-corrected chi connectivity index (χ1v) is 3.74. The van der Waals surface area contributed by atoms with Crippen molar-refractivity contribution in [2.75, 3.05) is 20.6 Å². The third-order valence-electron chi connectivity index (χ3n) is 2.14. The Morgan fingerprint density at radius 3 is 2.55 bits per heavy atom. The van der Waals surface area contributed by atoms with E-state index in [0.717, 1.165) is 6.54 Å². The highest BCUT2D eigenvalue weighted by Crippen LogP contribution is 2.10. The quantitative estimate of drug-likeness (QED) is 0.561. The second kappa shape index (κ2) is 3.19. The number of likely N-dealkylation sites (N-methyl/N-ethyl adjacent to an activating group) is 1. The third kappa shape index (κ3) is 1.91. The van der Waals surface area contributed by atoms with Crippen LogP contribution in [0.4, 0.5) is 0 Å². The van der Waals surface area contributed by atoms with Gasteiger partial charge in [-0.25, -0.2) is 0 Å². The summed E-state index contributed by atoms with van der Waals surface area (Å²) in [5.41, 5.74) is 0. The average Bonchev–Trinajstić information content (AvgIpc) is 2.33. The summed E-state index contributed by atoms with van der Waals surface area (Å²) in [5, 5.41) is 11.6. The Hall–Kier alpha value is -0.610. The van der Waals surface area contributed by atoms with Crippen molar-refractivity contribution in [2.24, 2.45) is 0 Å². The number of hydrogen-bond acceptors (Lipinski definition) is 3. The van der Waals surface area contributed by atoms with Crippen LogP contribution in [0.5, 0.6) is 0 Å². The number of carboxylic acid groups (broad SMARTS) is 1. The highest BCUT2D eigenvalue weighted by Gasteiger charge is 2.29. The molecule has 4 heteroatoms. The van der Waals surface area contributed by atoms with Crippen LogP contribution in [0.1, 0.15) is 6.42 Å². The molecule has 64 valence electrons. The predicted molar refractivity (Wildman–Crippen MR) is 41.5 cm³/mol. The molecular formula is C7H14N2O2. The first-order valence-electron chi connectivity index (χ1n) is 3.74. The lowest BCUT2D eigenvalue weighted by atomic mass is 10.1. The Kier molecular flexibility index (Phi) is 2.46. The van der Waals surface area contributed by atoms with E-state index in [0.29, 0.717) is 12.5 Å².